The quantitative estimate of drug-likeness (QED) is 0.849. The third-order valence-electron chi connectivity index (χ3n) is 2.33. The zero-order chi connectivity index (χ0) is 13.1. The number of hydrogen-bond donors (Lipinski definition) is 1. The van der Waals surface area contributed by atoms with Gasteiger partial charge in [-0.1, -0.05) is 12.1 Å². The van der Waals surface area contributed by atoms with Gasteiger partial charge in [-0.25, -0.2) is 0 Å². The molecular weight excluding hydrogens is 212 g/mol. The summed E-state index contributed by atoms with van der Waals surface area (Å²) in [6.45, 7) is 7.63. The van der Waals surface area contributed by atoms with Gasteiger partial charge in [0.05, 0.1) is 12.0 Å². The molecule has 17 heavy (non-hydrogen) atoms. The SMILES string of the molecule is CC(C#N)c1cccc(C(=O)NC(C)(C)C)c1. The maximum atomic E-state index is 11.9. The van der Waals surface area contributed by atoms with Crippen LogP contribution in [0.2, 0.25) is 0 Å². The largest absolute Gasteiger partial charge is 0.347 e. The fourth-order valence-electron chi connectivity index (χ4n) is 1.44. The average Bonchev–Trinajstić information content (AvgIpc) is 2.26. The van der Waals surface area contributed by atoms with Gasteiger partial charge in [0, 0.05) is 11.1 Å². The van der Waals surface area contributed by atoms with Gasteiger partial charge in [-0.3, -0.25) is 4.79 Å². The highest BCUT2D eigenvalue weighted by Crippen LogP contribution is 2.16. The van der Waals surface area contributed by atoms with Gasteiger partial charge in [-0.15, -0.1) is 0 Å². The van der Waals surface area contributed by atoms with E-state index in [0.29, 0.717) is 5.56 Å². The fourth-order valence-corrected chi connectivity index (χ4v) is 1.44. The first kappa shape index (κ1) is 13.2. The van der Waals surface area contributed by atoms with Gasteiger partial charge in [0.15, 0.2) is 0 Å². The number of carbonyl (C=O) groups excluding carboxylic acids is 1. The predicted molar refractivity (Wildman–Crippen MR) is 67.7 cm³/mol. The summed E-state index contributed by atoms with van der Waals surface area (Å²) in [4.78, 5) is 11.9. The minimum atomic E-state index is -0.256. The molecule has 1 amide bonds. The first-order valence-electron chi connectivity index (χ1n) is 5.65. The summed E-state index contributed by atoms with van der Waals surface area (Å²) in [5.74, 6) is -0.304. The molecule has 1 unspecified atom stereocenters. The number of nitrogens with zero attached hydrogens (tertiary/aromatic N) is 1. The highest BCUT2D eigenvalue weighted by Gasteiger charge is 2.16. The second-order valence-electron chi connectivity index (χ2n) is 5.18. The molecule has 3 nitrogen and oxygen atoms in total. The monoisotopic (exact) mass is 230 g/mol. The molecule has 1 atom stereocenters. The molecule has 0 fully saturated rings. The maximum Gasteiger partial charge on any atom is 0.251 e. The van der Waals surface area contributed by atoms with Gasteiger partial charge in [0.2, 0.25) is 0 Å². The summed E-state index contributed by atoms with van der Waals surface area (Å²) in [7, 11) is 0. The Labute approximate surface area is 102 Å². The molecule has 0 aliphatic heterocycles. The molecule has 0 aliphatic rings. The summed E-state index contributed by atoms with van der Waals surface area (Å²) < 4.78 is 0. The molecule has 0 saturated heterocycles. The van der Waals surface area contributed by atoms with E-state index >= 15 is 0 Å². The first-order chi connectivity index (χ1) is 7.83. The highest BCUT2D eigenvalue weighted by atomic mass is 16.1. The fraction of sp³-hybridized carbons (Fsp3) is 0.429. The zero-order valence-corrected chi connectivity index (χ0v) is 10.7. The van der Waals surface area contributed by atoms with Gasteiger partial charge >= 0.3 is 0 Å². The van der Waals surface area contributed by atoms with Gasteiger partial charge in [-0.2, -0.15) is 5.26 Å². The van der Waals surface area contributed by atoms with E-state index in [1.165, 1.54) is 0 Å². The van der Waals surface area contributed by atoms with E-state index in [-0.39, 0.29) is 17.4 Å². The average molecular weight is 230 g/mol. The van der Waals surface area contributed by atoms with E-state index in [0.717, 1.165) is 5.56 Å². The van der Waals surface area contributed by atoms with Crippen LogP contribution in [0.3, 0.4) is 0 Å². The smallest absolute Gasteiger partial charge is 0.251 e. The van der Waals surface area contributed by atoms with Crippen molar-refractivity contribution < 1.29 is 4.79 Å². The summed E-state index contributed by atoms with van der Waals surface area (Å²) in [5, 5.41) is 11.8. The zero-order valence-electron chi connectivity index (χ0n) is 10.7. The Morgan fingerprint density at radius 2 is 2.06 bits per heavy atom. The third-order valence-corrected chi connectivity index (χ3v) is 2.33. The van der Waals surface area contributed by atoms with E-state index < -0.39 is 0 Å². The van der Waals surface area contributed by atoms with Crippen molar-refractivity contribution in [2.75, 3.05) is 0 Å². The minimum absolute atomic E-state index is 0.107. The van der Waals surface area contributed by atoms with Crippen LogP contribution >= 0.6 is 0 Å². The molecular formula is C14H18N2O. The van der Waals surface area contributed by atoms with Crippen LogP contribution in [0.15, 0.2) is 24.3 Å². The van der Waals surface area contributed by atoms with Gasteiger partial charge in [-0.05, 0) is 45.4 Å². The minimum Gasteiger partial charge on any atom is -0.347 e. The van der Waals surface area contributed by atoms with E-state index in [1.807, 2.05) is 33.8 Å². The number of hydrogen-bond acceptors (Lipinski definition) is 2. The summed E-state index contributed by atoms with van der Waals surface area (Å²) in [6, 6.07) is 9.36. The van der Waals surface area contributed by atoms with Crippen LogP contribution in [0.25, 0.3) is 0 Å². The molecule has 0 radical (unpaired) electrons. The lowest BCUT2D eigenvalue weighted by Gasteiger charge is -2.20. The van der Waals surface area contributed by atoms with Crippen molar-refractivity contribution in [3.63, 3.8) is 0 Å². The summed E-state index contributed by atoms with van der Waals surface area (Å²) in [5.41, 5.74) is 1.21. The summed E-state index contributed by atoms with van der Waals surface area (Å²) in [6.07, 6.45) is 0. The Morgan fingerprint density at radius 3 is 2.59 bits per heavy atom. The molecule has 3 heteroatoms. The molecule has 0 spiro atoms. The predicted octanol–water partition coefficient (Wildman–Crippen LogP) is 2.84. The van der Waals surface area contributed by atoms with Crippen molar-refractivity contribution >= 4 is 5.91 Å². The Morgan fingerprint density at radius 1 is 1.41 bits per heavy atom. The number of nitriles is 1. The Balaban J connectivity index is 2.93. The van der Waals surface area contributed by atoms with Crippen LogP contribution in [-0.4, -0.2) is 11.4 Å². The van der Waals surface area contributed by atoms with Crippen LogP contribution in [0, 0.1) is 11.3 Å². The van der Waals surface area contributed by atoms with Gasteiger partial charge < -0.3 is 5.32 Å². The molecule has 0 aromatic heterocycles. The number of rotatable bonds is 2. The highest BCUT2D eigenvalue weighted by molar-refractivity contribution is 5.94. The molecule has 0 aliphatic carbocycles. The van der Waals surface area contributed by atoms with Crippen molar-refractivity contribution in [3.05, 3.63) is 35.4 Å². The van der Waals surface area contributed by atoms with Crippen LogP contribution in [0.1, 0.15) is 49.5 Å². The molecule has 0 heterocycles. The van der Waals surface area contributed by atoms with E-state index in [2.05, 4.69) is 11.4 Å². The van der Waals surface area contributed by atoms with Crippen LogP contribution in [0.5, 0.6) is 0 Å². The lowest BCUT2D eigenvalue weighted by molar-refractivity contribution is 0.0919. The molecule has 1 rings (SSSR count). The van der Waals surface area contributed by atoms with Crippen LogP contribution in [-0.2, 0) is 0 Å². The van der Waals surface area contributed by atoms with Gasteiger partial charge in [0.1, 0.15) is 0 Å². The molecule has 0 saturated carbocycles. The van der Waals surface area contributed by atoms with Crippen LogP contribution < -0.4 is 5.32 Å². The van der Waals surface area contributed by atoms with E-state index in [9.17, 15) is 4.79 Å². The normalized spacial score (nSPS) is 12.6. The van der Waals surface area contributed by atoms with Crippen molar-refractivity contribution in [2.24, 2.45) is 0 Å². The molecule has 90 valence electrons. The second kappa shape index (κ2) is 5.01. The number of amides is 1. The lowest BCUT2D eigenvalue weighted by Crippen LogP contribution is -2.40. The number of benzene rings is 1. The maximum absolute atomic E-state index is 11.9. The van der Waals surface area contributed by atoms with Crippen LogP contribution in [0.4, 0.5) is 0 Å². The molecule has 1 N–H and O–H groups in total. The number of nitrogens with one attached hydrogen (secondary N) is 1. The third kappa shape index (κ3) is 3.92. The summed E-state index contributed by atoms with van der Waals surface area (Å²) >= 11 is 0. The van der Waals surface area contributed by atoms with Crippen molar-refractivity contribution in [1.82, 2.24) is 5.32 Å². The number of carbonyl (C=O) groups is 1. The van der Waals surface area contributed by atoms with Gasteiger partial charge in [0.25, 0.3) is 5.91 Å². The second-order valence-corrected chi connectivity index (χ2v) is 5.18. The Kier molecular flexibility index (Phi) is 3.90. The van der Waals surface area contributed by atoms with Crippen molar-refractivity contribution in [1.29, 1.82) is 5.26 Å². The molecule has 1 aromatic rings. The topological polar surface area (TPSA) is 52.9 Å². The standard InChI is InChI=1S/C14H18N2O/c1-10(9-15)11-6-5-7-12(8-11)13(17)16-14(2,3)4/h5-8,10H,1-4H3,(H,16,17). The lowest BCUT2D eigenvalue weighted by atomic mass is 9.99. The molecule has 0 bridgehead atoms. The van der Waals surface area contributed by atoms with E-state index in [4.69, 9.17) is 5.26 Å². The first-order valence-corrected chi connectivity index (χ1v) is 5.65. The Hall–Kier alpha value is -1.82. The van der Waals surface area contributed by atoms with Crippen molar-refractivity contribution in [3.8, 4) is 6.07 Å². The van der Waals surface area contributed by atoms with E-state index in [1.54, 1.807) is 18.2 Å². The molecule has 1 aromatic carbocycles. The Bertz CT molecular complexity index is 452. The van der Waals surface area contributed by atoms with Crippen molar-refractivity contribution in [2.45, 2.75) is 39.2 Å².